The van der Waals surface area contributed by atoms with Gasteiger partial charge in [-0.3, -0.25) is 9.59 Å². The zero-order valence-corrected chi connectivity index (χ0v) is 17.0. The van der Waals surface area contributed by atoms with Gasteiger partial charge in [-0.2, -0.15) is 0 Å². The van der Waals surface area contributed by atoms with E-state index in [1.807, 2.05) is 69.2 Å². The highest BCUT2D eigenvalue weighted by Crippen LogP contribution is 2.21. The standard InChI is InChI=1S/C23H27N3O2/c1-16-12-17(2)14-18(13-16)15-22(27)24-21-7-5-6-20-19(21)8-9-26(23(20)28)11-10-25(3)4/h5-9,12-14H,10-11,15H2,1-4H3,(H,24,27). The molecule has 3 aromatic rings. The number of nitrogens with one attached hydrogen (secondary N) is 1. The summed E-state index contributed by atoms with van der Waals surface area (Å²) in [5.41, 5.74) is 3.91. The van der Waals surface area contributed by atoms with Crippen molar-refractivity contribution in [1.29, 1.82) is 0 Å². The van der Waals surface area contributed by atoms with Crippen LogP contribution in [0.15, 0.2) is 53.5 Å². The molecule has 0 saturated heterocycles. The van der Waals surface area contributed by atoms with Crippen molar-refractivity contribution in [2.75, 3.05) is 26.0 Å². The fraction of sp³-hybridized carbons (Fsp3) is 0.304. The fourth-order valence-corrected chi connectivity index (χ4v) is 3.46. The Hall–Kier alpha value is -2.92. The van der Waals surface area contributed by atoms with Crippen LogP contribution in [-0.4, -0.2) is 36.0 Å². The monoisotopic (exact) mass is 377 g/mol. The maximum absolute atomic E-state index is 12.8. The molecule has 0 fully saturated rings. The van der Waals surface area contributed by atoms with E-state index < -0.39 is 0 Å². The second-order valence-electron chi connectivity index (χ2n) is 7.61. The van der Waals surface area contributed by atoms with E-state index in [1.54, 1.807) is 10.8 Å². The molecule has 3 rings (SSSR count). The molecule has 0 unspecified atom stereocenters. The Bertz CT molecular complexity index is 1050. The number of pyridine rings is 1. The number of nitrogens with zero attached hydrogens (tertiary/aromatic N) is 2. The Labute approximate surface area is 165 Å². The van der Waals surface area contributed by atoms with Crippen LogP contribution in [0.3, 0.4) is 0 Å². The number of fused-ring (bicyclic) bond motifs is 1. The molecule has 28 heavy (non-hydrogen) atoms. The quantitative estimate of drug-likeness (QED) is 0.717. The number of aromatic nitrogens is 1. The van der Waals surface area contributed by atoms with Gasteiger partial charge in [0.05, 0.1) is 6.42 Å². The lowest BCUT2D eigenvalue weighted by molar-refractivity contribution is -0.115. The van der Waals surface area contributed by atoms with Crippen molar-refractivity contribution in [2.45, 2.75) is 26.8 Å². The summed E-state index contributed by atoms with van der Waals surface area (Å²) >= 11 is 0. The Balaban J connectivity index is 1.84. The highest BCUT2D eigenvalue weighted by molar-refractivity contribution is 6.02. The van der Waals surface area contributed by atoms with Gasteiger partial charge in [-0.15, -0.1) is 0 Å². The number of amides is 1. The molecular weight excluding hydrogens is 350 g/mol. The van der Waals surface area contributed by atoms with Gasteiger partial charge in [0.1, 0.15) is 0 Å². The van der Waals surface area contributed by atoms with Crippen LogP contribution in [-0.2, 0) is 17.8 Å². The molecule has 0 saturated carbocycles. The number of carbonyl (C=O) groups excluding carboxylic acids is 1. The van der Waals surface area contributed by atoms with E-state index in [4.69, 9.17) is 0 Å². The third kappa shape index (κ3) is 4.67. The average Bonchev–Trinajstić information content (AvgIpc) is 2.60. The minimum absolute atomic E-state index is 0.0373. The molecule has 1 N–H and O–H groups in total. The third-order valence-electron chi connectivity index (χ3n) is 4.73. The SMILES string of the molecule is Cc1cc(C)cc(CC(=O)Nc2cccc3c(=O)n(CCN(C)C)ccc23)c1. The Kier molecular flexibility index (Phi) is 5.95. The molecule has 0 atom stereocenters. The second kappa shape index (κ2) is 8.40. The van der Waals surface area contributed by atoms with Gasteiger partial charge in [0.15, 0.2) is 0 Å². The minimum atomic E-state index is -0.0886. The van der Waals surface area contributed by atoms with Gasteiger partial charge in [0.2, 0.25) is 5.91 Å². The zero-order valence-electron chi connectivity index (χ0n) is 17.0. The van der Waals surface area contributed by atoms with Crippen LogP contribution in [0.2, 0.25) is 0 Å². The Morgan fingerprint density at radius 2 is 1.75 bits per heavy atom. The molecule has 146 valence electrons. The van der Waals surface area contributed by atoms with Crippen LogP contribution in [0.5, 0.6) is 0 Å². The maximum Gasteiger partial charge on any atom is 0.258 e. The summed E-state index contributed by atoms with van der Waals surface area (Å²) in [7, 11) is 3.96. The van der Waals surface area contributed by atoms with E-state index in [9.17, 15) is 9.59 Å². The van der Waals surface area contributed by atoms with Crippen molar-refractivity contribution in [1.82, 2.24) is 9.47 Å². The zero-order chi connectivity index (χ0) is 20.3. The predicted molar refractivity (Wildman–Crippen MR) is 115 cm³/mol. The van der Waals surface area contributed by atoms with Gasteiger partial charge >= 0.3 is 0 Å². The number of hydrogen-bond acceptors (Lipinski definition) is 3. The van der Waals surface area contributed by atoms with E-state index in [1.165, 1.54) is 0 Å². The largest absolute Gasteiger partial charge is 0.325 e. The first kappa shape index (κ1) is 19.8. The van der Waals surface area contributed by atoms with Crippen LogP contribution < -0.4 is 10.9 Å². The number of hydrogen-bond donors (Lipinski definition) is 1. The summed E-state index contributed by atoms with van der Waals surface area (Å²) in [5, 5.41) is 4.36. The summed E-state index contributed by atoms with van der Waals surface area (Å²) in [6.07, 6.45) is 2.10. The van der Waals surface area contributed by atoms with Crippen molar-refractivity contribution >= 4 is 22.4 Å². The third-order valence-corrected chi connectivity index (χ3v) is 4.73. The van der Waals surface area contributed by atoms with Crippen LogP contribution in [0.25, 0.3) is 10.8 Å². The second-order valence-corrected chi connectivity index (χ2v) is 7.61. The molecular formula is C23H27N3O2. The molecule has 0 spiro atoms. The molecule has 2 aromatic carbocycles. The number of anilines is 1. The predicted octanol–water partition coefficient (Wildman–Crippen LogP) is 3.36. The van der Waals surface area contributed by atoms with Crippen LogP contribution in [0, 0.1) is 13.8 Å². The van der Waals surface area contributed by atoms with E-state index in [0.29, 0.717) is 24.0 Å². The van der Waals surface area contributed by atoms with Gasteiger partial charge in [-0.1, -0.05) is 35.4 Å². The first-order chi connectivity index (χ1) is 13.3. The maximum atomic E-state index is 12.8. The topological polar surface area (TPSA) is 54.3 Å². The number of rotatable bonds is 6. The van der Waals surface area contributed by atoms with Gasteiger partial charge < -0.3 is 14.8 Å². The van der Waals surface area contributed by atoms with E-state index in [-0.39, 0.29) is 11.5 Å². The minimum Gasteiger partial charge on any atom is -0.325 e. The molecule has 5 nitrogen and oxygen atoms in total. The first-order valence-electron chi connectivity index (χ1n) is 9.47. The van der Waals surface area contributed by atoms with Crippen LogP contribution in [0.1, 0.15) is 16.7 Å². The van der Waals surface area contributed by atoms with Gasteiger partial charge in [-0.25, -0.2) is 0 Å². The van der Waals surface area contributed by atoms with Crippen molar-refractivity contribution in [3.05, 3.63) is 75.7 Å². The lowest BCUT2D eigenvalue weighted by Gasteiger charge is -2.13. The molecule has 0 radical (unpaired) electrons. The molecule has 1 aromatic heterocycles. The molecule has 0 bridgehead atoms. The Morgan fingerprint density at radius 1 is 1.04 bits per heavy atom. The summed E-state index contributed by atoms with van der Waals surface area (Å²) in [4.78, 5) is 27.4. The molecule has 5 heteroatoms. The normalized spacial score (nSPS) is 11.2. The van der Waals surface area contributed by atoms with Crippen molar-refractivity contribution in [2.24, 2.45) is 0 Å². The summed E-state index contributed by atoms with van der Waals surface area (Å²) in [5.74, 6) is -0.0886. The van der Waals surface area contributed by atoms with Gasteiger partial charge in [0, 0.05) is 35.7 Å². The summed E-state index contributed by atoms with van der Waals surface area (Å²) < 4.78 is 1.71. The summed E-state index contributed by atoms with van der Waals surface area (Å²) in [6, 6.07) is 13.5. The number of benzene rings is 2. The highest BCUT2D eigenvalue weighted by atomic mass is 16.1. The average molecular weight is 377 g/mol. The molecule has 1 heterocycles. The highest BCUT2D eigenvalue weighted by Gasteiger charge is 2.10. The lowest BCUT2D eigenvalue weighted by atomic mass is 10.0. The molecule has 1 amide bonds. The smallest absolute Gasteiger partial charge is 0.258 e. The number of aryl methyl sites for hydroxylation is 2. The van der Waals surface area contributed by atoms with E-state index in [0.717, 1.165) is 28.6 Å². The molecule has 0 aliphatic carbocycles. The lowest BCUT2D eigenvalue weighted by Crippen LogP contribution is -2.26. The van der Waals surface area contributed by atoms with Crippen LogP contribution >= 0.6 is 0 Å². The number of likely N-dealkylation sites (N-methyl/N-ethyl adjacent to an activating group) is 1. The fourth-order valence-electron chi connectivity index (χ4n) is 3.46. The van der Waals surface area contributed by atoms with Gasteiger partial charge in [-0.05, 0) is 51.7 Å². The first-order valence-corrected chi connectivity index (χ1v) is 9.47. The molecule has 0 aliphatic heterocycles. The Morgan fingerprint density at radius 3 is 2.43 bits per heavy atom. The van der Waals surface area contributed by atoms with Gasteiger partial charge in [0.25, 0.3) is 5.56 Å². The van der Waals surface area contributed by atoms with E-state index in [2.05, 4.69) is 11.4 Å². The summed E-state index contributed by atoms with van der Waals surface area (Å²) in [6.45, 7) is 5.48. The number of carbonyl (C=O) groups is 1. The van der Waals surface area contributed by atoms with Crippen LogP contribution in [0.4, 0.5) is 5.69 Å². The van der Waals surface area contributed by atoms with Crippen molar-refractivity contribution < 1.29 is 4.79 Å². The van der Waals surface area contributed by atoms with E-state index >= 15 is 0 Å². The van der Waals surface area contributed by atoms with Crippen molar-refractivity contribution in [3.63, 3.8) is 0 Å². The van der Waals surface area contributed by atoms with Crippen molar-refractivity contribution in [3.8, 4) is 0 Å². The molecule has 0 aliphatic rings.